The number of nitriles is 1. The zero-order valence-electron chi connectivity index (χ0n) is 15.9. The Morgan fingerprint density at radius 3 is 2.86 bits per heavy atom. The van der Waals surface area contributed by atoms with Gasteiger partial charge in [0.2, 0.25) is 0 Å². The number of hydrogen-bond donors (Lipinski definition) is 1. The molecule has 29 heavy (non-hydrogen) atoms. The Labute approximate surface area is 168 Å². The number of carbonyl (C=O) groups is 2. The van der Waals surface area contributed by atoms with Gasteiger partial charge in [-0.15, -0.1) is 0 Å². The van der Waals surface area contributed by atoms with Crippen molar-refractivity contribution in [2.45, 2.75) is 12.8 Å². The lowest BCUT2D eigenvalue weighted by atomic mass is 9.97. The highest BCUT2D eigenvalue weighted by Crippen LogP contribution is 2.29. The molecule has 2 amide bonds. The fourth-order valence-corrected chi connectivity index (χ4v) is 3.57. The molecule has 7 nitrogen and oxygen atoms in total. The molecule has 7 heteroatoms. The summed E-state index contributed by atoms with van der Waals surface area (Å²) in [5.74, 6) is 1.37. The number of carbonyl (C=O) groups excluding carboxylic acids is 2. The van der Waals surface area contributed by atoms with Crippen molar-refractivity contribution in [1.29, 1.82) is 5.26 Å². The van der Waals surface area contributed by atoms with Gasteiger partial charge in [-0.25, -0.2) is 0 Å². The first-order valence-electron chi connectivity index (χ1n) is 9.61. The standard InChI is InChI=1S/C22H21N3O4/c23-12-16-2-1-3-18(10-16)28-13-15-6-8-25(9-7-15)22(27)17-4-5-20-19(11-17)24-21(26)14-29-20/h1-5,10-11,15H,6-9,13-14H2,(H,24,26). The van der Waals surface area contributed by atoms with Gasteiger partial charge in [0.05, 0.1) is 23.9 Å². The van der Waals surface area contributed by atoms with Crippen molar-refractivity contribution >= 4 is 17.5 Å². The fourth-order valence-electron chi connectivity index (χ4n) is 3.57. The van der Waals surface area contributed by atoms with Crippen LogP contribution in [0.15, 0.2) is 42.5 Å². The third-order valence-electron chi connectivity index (χ3n) is 5.21. The third kappa shape index (κ3) is 4.32. The minimum atomic E-state index is -0.219. The molecule has 0 spiro atoms. The second-order valence-electron chi connectivity index (χ2n) is 7.23. The molecule has 4 rings (SSSR count). The molecule has 148 valence electrons. The van der Waals surface area contributed by atoms with Crippen LogP contribution in [-0.4, -0.2) is 43.0 Å². The van der Waals surface area contributed by atoms with E-state index in [9.17, 15) is 9.59 Å². The van der Waals surface area contributed by atoms with E-state index < -0.39 is 0 Å². The van der Waals surface area contributed by atoms with Crippen LogP contribution in [0, 0.1) is 17.2 Å². The van der Waals surface area contributed by atoms with Crippen LogP contribution < -0.4 is 14.8 Å². The maximum Gasteiger partial charge on any atom is 0.262 e. The van der Waals surface area contributed by atoms with Gasteiger partial charge in [0.1, 0.15) is 11.5 Å². The van der Waals surface area contributed by atoms with Crippen LogP contribution in [0.2, 0.25) is 0 Å². The first kappa shape index (κ1) is 18.8. The van der Waals surface area contributed by atoms with Crippen LogP contribution in [0.1, 0.15) is 28.8 Å². The monoisotopic (exact) mass is 391 g/mol. The number of anilines is 1. The molecule has 0 radical (unpaired) electrons. The first-order chi connectivity index (χ1) is 14.1. The van der Waals surface area contributed by atoms with E-state index >= 15 is 0 Å². The number of amides is 2. The van der Waals surface area contributed by atoms with Crippen LogP contribution in [-0.2, 0) is 4.79 Å². The molecule has 0 saturated carbocycles. The van der Waals surface area contributed by atoms with E-state index in [1.165, 1.54) is 0 Å². The molecule has 2 aromatic carbocycles. The number of ether oxygens (including phenoxy) is 2. The van der Waals surface area contributed by atoms with Crippen molar-refractivity contribution in [1.82, 2.24) is 4.90 Å². The normalized spacial score (nSPS) is 16.2. The zero-order valence-corrected chi connectivity index (χ0v) is 15.9. The van der Waals surface area contributed by atoms with Gasteiger partial charge in [-0.1, -0.05) is 6.07 Å². The zero-order chi connectivity index (χ0) is 20.2. The lowest BCUT2D eigenvalue weighted by Crippen LogP contribution is -2.39. The molecule has 0 bridgehead atoms. The number of rotatable bonds is 4. The van der Waals surface area contributed by atoms with E-state index in [1.54, 1.807) is 36.4 Å². The summed E-state index contributed by atoms with van der Waals surface area (Å²) >= 11 is 0. The van der Waals surface area contributed by atoms with Crippen molar-refractivity contribution in [3.63, 3.8) is 0 Å². The fraction of sp³-hybridized carbons (Fsp3) is 0.318. The topological polar surface area (TPSA) is 91.7 Å². The van der Waals surface area contributed by atoms with Gasteiger partial charge < -0.3 is 19.7 Å². The van der Waals surface area contributed by atoms with E-state index in [-0.39, 0.29) is 18.4 Å². The van der Waals surface area contributed by atoms with E-state index in [1.807, 2.05) is 11.0 Å². The lowest BCUT2D eigenvalue weighted by molar-refractivity contribution is -0.118. The molecule has 0 atom stereocenters. The molecule has 0 aliphatic carbocycles. The summed E-state index contributed by atoms with van der Waals surface area (Å²) in [6.07, 6.45) is 1.71. The van der Waals surface area contributed by atoms with Crippen molar-refractivity contribution in [2.24, 2.45) is 5.92 Å². The Kier molecular flexibility index (Phi) is 5.34. The Morgan fingerprint density at radius 2 is 2.07 bits per heavy atom. The Bertz CT molecular complexity index is 974. The van der Waals surface area contributed by atoms with Crippen LogP contribution in [0.3, 0.4) is 0 Å². The number of fused-ring (bicyclic) bond motifs is 1. The summed E-state index contributed by atoms with van der Waals surface area (Å²) in [6.45, 7) is 1.88. The summed E-state index contributed by atoms with van der Waals surface area (Å²) in [6, 6.07) is 14.4. The van der Waals surface area contributed by atoms with Gasteiger partial charge in [-0.3, -0.25) is 9.59 Å². The van der Waals surface area contributed by atoms with E-state index in [4.69, 9.17) is 14.7 Å². The van der Waals surface area contributed by atoms with Gasteiger partial charge in [-0.2, -0.15) is 5.26 Å². The Morgan fingerprint density at radius 1 is 1.24 bits per heavy atom. The second kappa shape index (κ2) is 8.23. The molecular weight excluding hydrogens is 370 g/mol. The molecule has 2 aliphatic heterocycles. The summed E-state index contributed by atoms with van der Waals surface area (Å²) in [7, 11) is 0. The minimum Gasteiger partial charge on any atom is -0.493 e. The molecule has 2 heterocycles. The van der Waals surface area contributed by atoms with Crippen molar-refractivity contribution in [3.05, 3.63) is 53.6 Å². The summed E-state index contributed by atoms with van der Waals surface area (Å²) < 4.78 is 11.2. The van der Waals surface area contributed by atoms with E-state index in [2.05, 4.69) is 11.4 Å². The smallest absolute Gasteiger partial charge is 0.262 e. The summed E-state index contributed by atoms with van der Waals surface area (Å²) in [5, 5.41) is 11.7. The number of benzene rings is 2. The highest BCUT2D eigenvalue weighted by Gasteiger charge is 2.25. The summed E-state index contributed by atoms with van der Waals surface area (Å²) in [5.41, 5.74) is 1.65. The third-order valence-corrected chi connectivity index (χ3v) is 5.21. The number of piperidine rings is 1. The number of nitrogens with one attached hydrogen (secondary N) is 1. The van der Waals surface area contributed by atoms with Crippen LogP contribution in [0.5, 0.6) is 11.5 Å². The van der Waals surface area contributed by atoms with E-state index in [0.717, 1.165) is 12.8 Å². The van der Waals surface area contributed by atoms with E-state index in [0.29, 0.717) is 53.9 Å². The van der Waals surface area contributed by atoms with Gasteiger partial charge in [0.15, 0.2) is 6.61 Å². The molecular formula is C22H21N3O4. The number of hydrogen-bond acceptors (Lipinski definition) is 5. The number of likely N-dealkylation sites (tertiary alicyclic amines) is 1. The molecule has 1 saturated heterocycles. The average Bonchev–Trinajstić information content (AvgIpc) is 2.77. The Balaban J connectivity index is 1.31. The average molecular weight is 391 g/mol. The molecule has 0 unspecified atom stereocenters. The van der Waals surface area contributed by atoms with Gasteiger partial charge in [-0.05, 0) is 55.2 Å². The maximum atomic E-state index is 12.8. The van der Waals surface area contributed by atoms with Crippen molar-refractivity contribution in [2.75, 3.05) is 31.6 Å². The first-order valence-corrected chi connectivity index (χ1v) is 9.61. The molecule has 0 aromatic heterocycles. The molecule has 1 N–H and O–H groups in total. The predicted molar refractivity (Wildman–Crippen MR) is 106 cm³/mol. The SMILES string of the molecule is N#Cc1cccc(OCC2CCN(C(=O)c3ccc4c(c3)NC(=O)CO4)CC2)c1. The van der Waals surface area contributed by atoms with Crippen molar-refractivity contribution in [3.8, 4) is 17.6 Å². The minimum absolute atomic E-state index is 0.00329. The molecule has 1 fully saturated rings. The lowest BCUT2D eigenvalue weighted by Gasteiger charge is -2.32. The maximum absolute atomic E-state index is 12.8. The van der Waals surface area contributed by atoms with Crippen LogP contribution >= 0.6 is 0 Å². The van der Waals surface area contributed by atoms with Gasteiger partial charge in [0.25, 0.3) is 11.8 Å². The van der Waals surface area contributed by atoms with Crippen LogP contribution in [0.4, 0.5) is 5.69 Å². The quantitative estimate of drug-likeness (QED) is 0.865. The highest BCUT2D eigenvalue weighted by molar-refractivity contribution is 5.99. The van der Waals surface area contributed by atoms with Gasteiger partial charge in [0, 0.05) is 18.7 Å². The number of nitrogens with zero attached hydrogens (tertiary/aromatic N) is 2. The predicted octanol–water partition coefficient (Wildman–Crippen LogP) is 2.82. The Hall–Kier alpha value is -3.53. The molecule has 2 aromatic rings. The molecule has 2 aliphatic rings. The van der Waals surface area contributed by atoms with Gasteiger partial charge >= 0.3 is 0 Å². The second-order valence-corrected chi connectivity index (χ2v) is 7.23. The van der Waals surface area contributed by atoms with Crippen molar-refractivity contribution < 1.29 is 19.1 Å². The largest absolute Gasteiger partial charge is 0.493 e. The van der Waals surface area contributed by atoms with Crippen LogP contribution in [0.25, 0.3) is 0 Å². The highest BCUT2D eigenvalue weighted by atomic mass is 16.5. The summed E-state index contributed by atoms with van der Waals surface area (Å²) in [4.78, 5) is 26.2.